The van der Waals surface area contributed by atoms with Crippen LogP contribution in [0.5, 0.6) is 11.5 Å². The Morgan fingerprint density at radius 3 is 2.72 bits per heavy atom. The van der Waals surface area contributed by atoms with Gasteiger partial charge in [0, 0.05) is 20.1 Å². The molecule has 0 amide bonds. The van der Waals surface area contributed by atoms with Crippen LogP contribution >= 0.6 is 0 Å². The molecule has 2 spiro atoms. The number of aryl methyl sites for hydroxylation is 1. The van der Waals surface area contributed by atoms with Crippen LogP contribution in [0.15, 0.2) is 24.3 Å². The maximum Gasteiger partial charge on any atom is 0.161 e. The summed E-state index contributed by atoms with van der Waals surface area (Å²) in [5.41, 5.74) is 2.30. The van der Waals surface area contributed by atoms with Gasteiger partial charge in [-0.05, 0) is 48.7 Å². The summed E-state index contributed by atoms with van der Waals surface area (Å²) in [5, 5.41) is 0. The van der Waals surface area contributed by atoms with Crippen molar-refractivity contribution in [3.8, 4) is 11.5 Å². The molecule has 4 aliphatic rings. The Kier molecular flexibility index (Phi) is 3.28. The number of hydrogen-bond acceptors (Lipinski definition) is 5. The van der Waals surface area contributed by atoms with Crippen molar-refractivity contribution in [3.63, 3.8) is 0 Å². The van der Waals surface area contributed by atoms with Crippen molar-refractivity contribution < 1.29 is 18.9 Å². The van der Waals surface area contributed by atoms with E-state index in [1.165, 1.54) is 11.1 Å². The lowest BCUT2D eigenvalue weighted by molar-refractivity contribution is -0.0222. The second kappa shape index (κ2) is 5.22. The van der Waals surface area contributed by atoms with Crippen molar-refractivity contribution in [3.05, 3.63) is 35.4 Å². The fourth-order valence-electron chi connectivity index (χ4n) is 5.43. The molecule has 1 aromatic rings. The number of epoxide rings is 1. The Labute approximate surface area is 148 Å². The van der Waals surface area contributed by atoms with Crippen LogP contribution in [-0.2, 0) is 21.4 Å². The lowest BCUT2D eigenvalue weighted by atomic mass is 9.69. The van der Waals surface area contributed by atoms with Crippen LogP contribution in [0.25, 0.3) is 0 Å². The van der Waals surface area contributed by atoms with Crippen LogP contribution in [0.4, 0.5) is 0 Å². The number of nitrogens with zero attached hydrogens (tertiary/aromatic N) is 1. The minimum absolute atomic E-state index is 0.107. The van der Waals surface area contributed by atoms with E-state index in [0.29, 0.717) is 6.10 Å². The van der Waals surface area contributed by atoms with Gasteiger partial charge in [-0.3, -0.25) is 4.90 Å². The molecule has 1 aromatic carbocycles. The van der Waals surface area contributed by atoms with E-state index in [2.05, 4.69) is 29.2 Å². The molecule has 5 rings (SSSR count). The summed E-state index contributed by atoms with van der Waals surface area (Å²) >= 11 is 0. The molecule has 2 fully saturated rings. The van der Waals surface area contributed by atoms with Crippen molar-refractivity contribution >= 4 is 0 Å². The summed E-state index contributed by atoms with van der Waals surface area (Å²) in [6.45, 7) is 2.08. The normalized spacial score (nSPS) is 38.2. The van der Waals surface area contributed by atoms with Gasteiger partial charge in [-0.25, -0.2) is 0 Å². The zero-order chi connectivity index (χ0) is 17.2. The van der Waals surface area contributed by atoms with Crippen LogP contribution in [-0.4, -0.2) is 57.1 Å². The average molecular weight is 343 g/mol. The highest BCUT2D eigenvalue weighted by molar-refractivity contribution is 5.55. The number of methoxy groups -OCH3 is 3. The summed E-state index contributed by atoms with van der Waals surface area (Å²) in [5.74, 6) is 1.60. The fraction of sp³-hybridized carbons (Fsp3) is 0.600. The first-order valence-corrected chi connectivity index (χ1v) is 9.09. The first-order chi connectivity index (χ1) is 12.2. The highest BCUT2D eigenvalue weighted by Crippen LogP contribution is 2.65. The fourth-order valence-corrected chi connectivity index (χ4v) is 5.43. The molecule has 0 radical (unpaired) electrons. The van der Waals surface area contributed by atoms with Gasteiger partial charge in [0.1, 0.15) is 11.7 Å². The third-order valence-electron chi connectivity index (χ3n) is 6.62. The quantitative estimate of drug-likeness (QED) is 0.622. The summed E-state index contributed by atoms with van der Waals surface area (Å²) in [7, 11) is 5.20. The monoisotopic (exact) mass is 343 g/mol. The van der Waals surface area contributed by atoms with Gasteiger partial charge in [0.2, 0.25) is 0 Å². The first-order valence-electron chi connectivity index (χ1n) is 9.09. The molecule has 0 aromatic heterocycles. The molecule has 5 heteroatoms. The highest BCUT2D eigenvalue weighted by atomic mass is 16.6. The van der Waals surface area contributed by atoms with Gasteiger partial charge in [-0.2, -0.15) is 0 Å². The molecular weight excluding hydrogens is 318 g/mol. The molecule has 0 N–H and O–H groups in total. The summed E-state index contributed by atoms with van der Waals surface area (Å²) in [6.07, 6.45) is 7.96. The van der Waals surface area contributed by atoms with Crippen molar-refractivity contribution in [2.24, 2.45) is 0 Å². The maximum absolute atomic E-state index is 6.28. The predicted octanol–water partition coefficient (Wildman–Crippen LogP) is 2.27. The van der Waals surface area contributed by atoms with E-state index in [0.717, 1.165) is 43.9 Å². The lowest BCUT2D eigenvalue weighted by Gasteiger charge is -2.47. The van der Waals surface area contributed by atoms with Crippen LogP contribution in [0.3, 0.4) is 0 Å². The van der Waals surface area contributed by atoms with Gasteiger partial charge in [-0.1, -0.05) is 6.08 Å². The molecule has 0 bridgehead atoms. The van der Waals surface area contributed by atoms with Crippen molar-refractivity contribution in [1.82, 2.24) is 4.90 Å². The number of ether oxygens (including phenoxy) is 4. The Bertz CT molecular complexity index is 747. The maximum atomic E-state index is 6.28. The van der Waals surface area contributed by atoms with Crippen molar-refractivity contribution in [2.45, 2.75) is 42.6 Å². The molecule has 0 unspecified atom stereocenters. The predicted molar refractivity (Wildman–Crippen MR) is 93.3 cm³/mol. The largest absolute Gasteiger partial charge is 0.493 e. The molecule has 1 aliphatic carbocycles. The summed E-state index contributed by atoms with van der Waals surface area (Å²) in [6, 6.07) is 4.35. The number of benzene rings is 1. The molecule has 134 valence electrons. The van der Waals surface area contributed by atoms with Gasteiger partial charge < -0.3 is 18.9 Å². The van der Waals surface area contributed by atoms with Gasteiger partial charge in [0.25, 0.3) is 0 Å². The summed E-state index contributed by atoms with van der Waals surface area (Å²) < 4.78 is 23.2. The summed E-state index contributed by atoms with van der Waals surface area (Å²) in [4.78, 5) is 2.63. The van der Waals surface area contributed by atoms with E-state index in [1.807, 2.05) is 0 Å². The number of fused-ring (bicyclic) bond motifs is 1. The van der Waals surface area contributed by atoms with E-state index in [4.69, 9.17) is 18.9 Å². The smallest absolute Gasteiger partial charge is 0.161 e. The van der Waals surface area contributed by atoms with Crippen molar-refractivity contribution in [2.75, 3.05) is 34.4 Å². The molecule has 2 saturated heterocycles. The van der Waals surface area contributed by atoms with Gasteiger partial charge in [0.15, 0.2) is 11.5 Å². The molecule has 25 heavy (non-hydrogen) atoms. The number of hydrogen-bond donors (Lipinski definition) is 0. The lowest BCUT2D eigenvalue weighted by Crippen LogP contribution is -2.54. The molecule has 5 nitrogen and oxygen atoms in total. The standard InChI is InChI=1S/C20H25NO4/c1-22-14-6-7-20-18(25-20)12-21-8-4-5-13-9-16(23-2)17(24-3)10-15(13)19(20,21)11-14/h6-7,9-10,14,18H,4-5,8,11-12H2,1-3H3/t14-,18+,19+,20+/m0/s1. The zero-order valence-corrected chi connectivity index (χ0v) is 15.1. The number of rotatable bonds is 3. The Morgan fingerprint density at radius 2 is 1.96 bits per heavy atom. The second-order valence-electron chi connectivity index (χ2n) is 7.51. The van der Waals surface area contributed by atoms with E-state index in [-0.39, 0.29) is 17.2 Å². The average Bonchev–Trinajstić information content (AvgIpc) is 3.30. The van der Waals surface area contributed by atoms with Gasteiger partial charge >= 0.3 is 0 Å². The second-order valence-corrected chi connectivity index (χ2v) is 7.51. The first kappa shape index (κ1) is 15.7. The molecule has 3 heterocycles. The zero-order valence-electron chi connectivity index (χ0n) is 15.1. The molecular formula is C20H25NO4. The van der Waals surface area contributed by atoms with E-state index in [9.17, 15) is 0 Å². The Hall–Kier alpha value is -1.56. The molecule has 4 atom stereocenters. The molecule has 0 saturated carbocycles. The minimum atomic E-state index is -0.208. The highest BCUT2D eigenvalue weighted by Gasteiger charge is 2.77. The topological polar surface area (TPSA) is 43.5 Å². The molecule has 3 aliphatic heterocycles. The minimum Gasteiger partial charge on any atom is -0.493 e. The van der Waals surface area contributed by atoms with E-state index >= 15 is 0 Å². The van der Waals surface area contributed by atoms with Crippen LogP contribution in [0.1, 0.15) is 24.0 Å². The number of morpholine rings is 1. The van der Waals surface area contributed by atoms with Gasteiger partial charge in [0.05, 0.1) is 25.9 Å². The Balaban J connectivity index is 1.75. The van der Waals surface area contributed by atoms with E-state index in [1.54, 1.807) is 21.3 Å². The van der Waals surface area contributed by atoms with Gasteiger partial charge in [-0.15, -0.1) is 0 Å². The third-order valence-corrected chi connectivity index (χ3v) is 6.62. The van der Waals surface area contributed by atoms with Crippen LogP contribution < -0.4 is 9.47 Å². The van der Waals surface area contributed by atoms with Crippen LogP contribution in [0, 0.1) is 0 Å². The SMILES string of the molecule is COc1cc2c(cc1OC)[C@]13C[C@@H](OC)C=C[C@]14O[C@@H]4CN3CCC2. The van der Waals surface area contributed by atoms with E-state index < -0.39 is 0 Å². The third kappa shape index (κ3) is 1.84. The Morgan fingerprint density at radius 1 is 1.16 bits per heavy atom. The van der Waals surface area contributed by atoms with Crippen molar-refractivity contribution in [1.29, 1.82) is 0 Å². The van der Waals surface area contributed by atoms with Crippen LogP contribution in [0.2, 0.25) is 0 Å².